The molecule has 13 aromatic rings. The van der Waals surface area contributed by atoms with Gasteiger partial charge in [-0.25, -0.2) is 0 Å². The first-order valence-electron chi connectivity index (χ1n) is 24.7. The average molecular weight is 905 g/mol. The molecule has 14 rings (SSSR count). The number of fused-ring (bicyclic) bond motifs is 9. The van der Waals surface area contributed by atoms with E-state index in [1.54, 1.807) is 0 Å². The maximum absolute atomic E-state index is 2.51. The lowest BCUT2D eigenvalue weighted by molar-refractivity contribution is 0.661. The predicted octanol–water partition coefficient (Wildman–Crippen LogP) is 18.5. The van der Waals surface area contributed by atoms with Gasteiger partial charge >= 0.3 is 0 Å². The van der Waals surface area contributed by atoms with Crippen molar-refractivity contribution in [3.8, 4) is 78.1 Å². The molecule has 1 aliphatic rings. The van der Waals surface area contributed by atoms with Gasteiger partial charge in [0.05, 0.1) is 22.1 Å². The molecule has 0 radical (unpaired) electrons. The lowest BCUT2D eigenvalue weighted by Gasteiger charge is -2.21. The summed E-state index contributed by atoms with van der Waals surface area (Å²) in [6.07, 6.45) is 0. The van der Waals surface area contributed by atoms with Crippen LogP contribution in [-0.2, 0) is 5.41 Å². The Kier molecular flexibility index (Phi) is 9.28. The van der Waals surface area contributed by atoms with Crippen LogP contribution in [0.3, 0.4) is 0 Å². The fourth-order valence-electron chi connectivity index (χ4n) is 11.8. The Morgan fingerprint density at radius 1 is 0.239 bits per heavy atom. The van der Waals surface area contributed by atoms with E-state index in [4.69, 9.17) is 0 Å². The summed E-state index contributed by atoms with van der Waals surface area (Å²) in [4.78, 5) is 0. The van der Waals surface area contributed by atoms with Crippen LogP contribution in [0, 0.1) is 0 Å². The highest BCUT2D eigenvalue weighted by molar-refractivity contribution is 6.14. The Morgan fingerprint density at radius 2 is 0.676 bits per heavy atom. The highest BCUT2D eigenvalue weighted by Crippen LogP contribution is 2.51. The van der Waals surface area contributed by atoms with Gasteiger partial charge < -0.3 is 9.13 Å². The first-order valence-corrected chi connectivity index (χ1v) is 24.7. The summed E-state index contributed by atoms with van der Waals surface area (Å²) in [6.45, 7) is 4.76. The summed E-state index contributed by atoms with van der Waals surface area (Å²) >= 11 is 0. The van der Waals surface area contributed by atoms with E-state index in [1.165, 1.54) is 110 Å². The van der Waals surface area contributed by atoms with E-state index in [9.17, 15) is 0 Å². The van der Waals surface area contributed by atoms with Crippen molar-refractivity contribution in [2.75, 3.05) is 0 Å². The molecule has 334 valence electrons. The first-order chi connectivity index (χ1) is 34.9. The van der Waals surface area contributed by atoms with Crippen LogP contribution in [0.15, 0.2) is 255 Å². The molecule has 0 spiro atoms. The zero-order valence-electron chi connectivity index (χ0n) is 39.6. The van der Waals surface area contributed by atoms with Crippen LogP contribution in [0.2, 0.25) is 0 Å². The highest BCUT2D eigenvalue weighted by atomic mass is 15.0. The second-order valence-electron chi connectivity index (χ2n) is 19.7. The summed E-state index contributed by atoms with van der Waals surface area (Å²) in [6, 6.07) is 94.3. The largest absolute Gasteiger partial charge is 0.309 e. The molecule has 11 aromatic carbocycles. The normalized spacial score (nSPS) is 12.8. The predicted molar refractivity (Wildman–Crippen MR) is 300 cm³/mol. The van der Waals surface area contributed by atoms with E-state index >= 15 is 0 Å². The molecule has 0 fully saturated rings. The summed E-state index contributed by atoms with van der Waals surface area (Å²) in [5, 5.41) is 4.94. The van der Waals surface area contributed by atoms with Crippen LogP contribution in [0.25, 0.3) is 122 Å². The molecule has 2 aromatic heterocycles. The summed E-state index contributed by atoms with van der Waals surface area (Å²) in [5.74, 6) is 0. The van der Waals surface area contributed by atoms with E-state index in [-0.39, 0.29) is 5.41 Å². The molecule has 0 amide bonds. The van der Waals surface area contributed by atoms with Gasteiger partial charge in [-0.2, -0.15) is 0 Å². The van der Waals surface area contributed by atoms with Gasteiger partial charge in [-0.3, -0.25) is 0 Å². The van der Waals surface area contributed by atoms with Crippen LogP contribution in [0.5, 0.6) is 0 Å². The highest BCUT2D eigenvalue weighted by Gasteiger charge is 2.36. The summed E-state index contributed by atoms with van der Waals surface area (Å²) in [5.41, 5.74) is 24.2. The van der Waals surface area contributed by atoms with Gasteiger partial charge in [-0.05, 0) is 163 Å². The molecule has 1 aliphatic carbocycles. The van der Waals surface area contributed by atoms with Crippen molar-refractivity contribution in [2.45, 2.75) is 19.3 Å². The molecular formula is C69H48N2. The Hall–Kier alpha value is -8.98. The van der Waals surface area contributed by atoms with Crippen molar-refractivity contribution in [3.05, 3.63) is 266 Å². The molecule has 0 saturated carbocycles. The van der Waals surface area contributed by atoms with Crippen molar-refractivity contribution in [1.29, 1.82) is 0 Å². The number of benzene rings is 11. The number of nitrogens with zero attached hydrogens (tertiary/aromatic N) is 2. The first kappa shape index (κ1) is 41.0. The lowest BCUT2D eigenvalue weighted by atomic mass is 9.82. The van der Waals surface area contributed by atoms with Crippen LogP contribution < -0.4 is 0 Å². The van der Waals surface area contributed by atoms with E-state index in [1.807, 2.05) is 0 Å². The number of rotatable bonds is 7. The van der Waals surface area contributed by atoms with Crippen LogP contribution >= 0.6 is 0 Å². The maximum atomic E-state index is 2.51. The van der Waals surface area contributed by atoms with Gasteiger partial charge in [0.2, 0.25) is 0 Å². The molecular weight excluding hydrogens is 857 g/mol. The third-order valence-corrected chi connectivity index (χ3v) is 15.3. The molecule has 2 heterocycles. The monoisotopic (exact) mass is 904 g/mol. The van der Waals surface area contributed by atoms with Crippen molar-refractivity contribution >= 4 is 43.6 Å². The molecule has 2 nitrogen and oxygen atoms in total. The fourth-order valence-corrected chi connectivity index (χ4v) is 11.8. The summed E-state index contributed by atoms with van der Waals surface area (Å²) < 4.78 is 5.00. The molecule has 2 heteroatoms. The van der Waals surface area contributed by atoms with Gasteiger partial charge in [-0.1, -0.05) is 184 Å². The van der Waals surface area contributed by atoms with E-state index in [0.29, 0.717) is 0 Å². The van der Waals surface area contributed by atoms with E-state index < -0.39 is 0 Å². The fraction of sp³-hybridized carbons (Fsp3) is 0.0435. The second-order valence-corrected chi connectivity index (χ2v) is 19.7. The summed E-state index contributed by atoms with van der Waals surface area (Å²) in [7, 11) is 0. The standard InChI is InChI=1S/C69H48N2/c1-69(2)63-29-17-15-27-57(63)59-43-62-58-28-16-18-30-65(58)70(68(62)44-64(59)69)55-32-34-67-61(42-55)60-41-49(52-36-50(45-19-7-3-8-20-45)35-51(37-52)46-21-9-4-10-22-46)31-33-66(60)71(67)56-39-53(47-23-11-5-12-24-47)38-54(40-56)48-25-13-6-14-26-48/h3-44H,1-2H3. The molecule has 0 saturated heterocycles. The van der Waals surface area contributed by atoms with Crippen molar-refractivity contribution in [1.82, 2.24) is 9.13 Å². The number of hydrogen-bond acceptors (Lipinski definition) is 0. The lowest BCUT2D eigenvalue weighted by Crippen LogP contribution is -2.14. The number of aromatic nitrogens is 2. The molecule has 0 unspecified atom stereocenters. The average Bonchev–Trinajstić information content (AvgIpc) is 4.03. The van der Waals surface area contributed by atoms with Gasteiger partial charge in [0, 0.05) is 38.3 Å². The molecule has 0 bridgehead atoms. The third-order valence-electron chi connectivity index (χ3n) is 15.3. The van der Waals surface area contributed by atoms with Gasteiger partial charge in [0.1, 0.15) is 0 Å². The zero-order valence-corrected chi connectivity index (χ0v) is 39.6. The third kappa shape index (κ3) is 6.63. The Bertz CT molecular complexity index is 4100. The minimum Gasteiger partial charge on any atom is -0.309 e. The van der Waals surface area contributed by atoms with Gasteiger partial charge in [0.25, 0.3) is 0 Å². The minimum absolute atomic E-state index is 0.125. The van der Waals surface area contributed by atoms with Crippen molar-refractivity contribution in [3.63, 3.8) is 0 Å². The topological polar surface area (TPSA) is 9.86 Å². The second kappa shape index (κ2) is 16.1. The quantitative estimate of drug-likeness (QED) is 0.151. The molecule has 71 heavy (non-hydrogen) atoms. The Balaban J connectivity index is 1.04. The minimum atomic E-state index is -0.125. The maximum Gasteiger partial charge on any atom is 0.0544 e. The number of hydrogen-bond donors (Lipinski definition) is 0. The van der Waals surface area contributed by atoms with E-state index in [2.05, 4.69) is 278 Å². The van der Waals surface area contributed by atoms with Crippen LogP contribution in [0.4, 0.5) is 0 Å². The SMILES string of the molecule is CC1(C)c2ccccc2-c2cc3c4ccccc4n(-c4ccc5c(c4)c4cc(-c6cc(-c7ccccc7)cc(-c7ccccc7)c6)ccc4n5-c4cc(-c5ccccc5)cc(-c5ccccc5)c4)c3cc21. The van der Waals surface area contributed by atoms with Gasteiger partial charge in [-0.15, -0.1) is 0 Å². The van der Waals surface area contributed by atoms with Gasteiger partial charge in [0.15, 0.2) is 0 Å². The smallest absolute Gasteiger partial charge is 0.0544 e. The Morgan fingerprint density at radius 3 is 1.27 bits per heavy atom. The van der Waals surface area contributed by atoms with E-state index in [0.717, 1.165) is 22.4 Å². The molecule has 0 N–H and O–H groups in total. The van der Waals surface area contributed by atoms with Crippen molar-refractivity contribution < 1.29 is 0 Å². The van der Waals surface area contributed by atoms with Crippen molar-refractivity contribution in [2.24, 2.45) is 0 Å². The molecule has 0 aliphatic heterocycles. The zero-order chi connectivity index (χ0) is 47.2. The molecule has 0 atom stereocenters. The van der Waals surface area contributed by atoms with Crippen LogP contribution in [0.1, 0.15) is 25.0 Å². The number of para-hydroxylation sites is 1. The Labute approximate surface area is 414 Å². The van der Waals surface area contributed by atoms with Crippen LogP contribution in [-0.4, -0.2) is 9.13 Å².